The number of carbonyl (C=O) groups excluding carboxylic acids is 1. The maximum Gasteiger partial charge on any atom is 0.258 e. The molecule has 8 nitrogen and oxygen atoms in total. The average molecular weight is 500 g/mol. The van der Waals surface area contributed by atoms with Crippen LogP contribution in [0.3, 0.4) is 0 Å². The number of hydrogen-bond donors (Lipinski definition) is 0. The molecule has 9 heteroatoms. The molecule has 35 heavy (non-hydrogen) atoms. The molecule has 2 saturated heterocycles. The van der Waals surface area contributed by atoms with Crippen LogP contribution in [-0.2, 0) is 30.8 Å². The zero-order valence-electron chi connectivity index (χ0n) is 20.6. The van der Waals surface area contributed by atoms with Gasteiger partial charge in [0, 0.05) is 55.3 Å². The van der Waals surface area contributed by atoms with Crippen molar-refractivity contribution >= 4 is 33.3 Å². The van der Waals surface area contributed by atoms with Gasteiger partial charge in [-0.3, -0.25) is 4.79 Å². The molecule has 0 aliphatic carbocycles. The molecular formula is C26H33N3O5S. The number of aromatic nitrogens is 1. The van der Waals surface area contributed by atoms with Crippen LogP contribution in [-0.4, -0.2) is 68.8 Å². The summed E-state index contributed by atoms with van der Waals surface area (Å²) in [7, 11) is -3.67. The Morgan fingerprint density at radius 2 is 1.89 bits per heavy atom. The van der Waals surface area contributed by atoms with Gasteiger partial charge in [-0.15, -0.1) is 0 Å². The molecule has 1 aromatic heterocycles. The molecule has 0 saturated carbocycles. The molecule has 0 unspecified atom stereocenters. The number of morpholine rings is 1. The third-order valence-electron chi connectivity index (χ3n) is 7.27. The highest BCUT2D eigenvalue weighted by Gasteiger charge is 2.34. The molecular weight excluding hydrogens is 466 g/mol. The van der Waals surface area contributed by atoms with E-state index in [2.05, 4.69) is 24.5 Å². The van der Waals surface area contributed by atoms with E-state index in [-0.39, 0.29) is 16.9 Å². The third kappa shape index (κ3) is 4.35. The lowest BCUT2D eigenvalue weighted by molar-refractivity contribution is -0.112. The highest BCUT2D eigenvalue weighted by atomic mass is 32.2. The summed E-state index contributed by atoms with van der Waals surface area (Å²) in [6.07, 6.45) is 4.29. The number of amides is 1. The van der Waals surface area contributed by atoms with Crippen LogP contribution in [0.25, 0.3) is 11.6 Å². The van der Waals surface area contributed by atoms with Crippen LogP contribution in [0.1, 0.15) is 42.3 Å². The molecule has 0 N–H and O–H groups in total. The second-order valence-corrected chi connectivity index (χ2v) is 11.3. The van der Waals surface area contributed by atoms with Crippen molar-refractivity contribution < 1.29 is 22.7 Å². The minimum Gasteiger partial charge on any atom is -0.379 e. The Morgan fingerprint density at radius 1 is 1.11 bits per heavy atom. The number of rotatable bonds is 6. The first-order chi connectivity index (χ1) is 16.8. The van der Waals surface area contributed by atoms with Crippen LogP contribution < -0.4 is 4.90 Å². The molecule has 0 bridgehead atoms. The van der Waals surface area contributed by atoms with E-state index >= 15 is 0 Å². The number of carbonyl (C=O) groups is 1. The summed E-state index contributed by atoms with van der Waals surface area (Å²) in [6, 6.07) is 7.11. The van der Waals surface area contributed by atoms with E-state index in [9.17, 15) is 13.2 Å². The van der Waals surface area contributed by atoms with Crippen molar-refractivity contribution in [3.05, 3.63) is 46.8 Å². The molecule has 1 aromatic carbocycles. The van der Waals surface area contributed by atoms with Crippen molar-refractivity contribution in [1.82, 2.24) is 8.87 Å². The second kappa shape index (κ2) is 9.54. The monoisotopic (exact) mass is 499 g/mol. The van der Waals surface area contributed by atoms with Crippen molar-refractivity contribution in [3.8, 4) is 0 Å². The largest absolute Gasteiger partial charge is 0.379 e. The van der Waals surface area contributed by atoms with Crippen LogP contribution in [0.15, 0.2) is 29.2 Å². The van der Waals surface area contributed by atoms with Crippen molar-refractivity contribution in [2.24, 2.45) is 0 Å². The lowest BCUT2D eigenvalue weighted by Gasteiger charge is -2.26. The van der Waals surface area contributed by atoms with E-state index in [1.54, 1.807) is 23.1 Å². The first-order valence-corrected chi connectivity index (χ1v) is 13.8. The van der Waals surface area contributed by atoms with Crippen LogP contribution in [0.2, 0.25) is 0 Å². The maximum absolute atomic E-state index is 13.4. The fourth-order valence-electron chi connectivity index (χ4n) is 5.29. The van der Waals surface area contributed by atoms with E-state index in [0.29, 0.717) is 44.0 Å². The van der Waals surface area contributed by atoms with Gasteiger partial charge in [-0.25, -0.2) is 8.42 Å². The van der Waals surface area contributed by atoms with E-state index < -0.39 is 10.0 Å². The Labute approximate surface area is 207 Å². The van der Waals surface area contributed by atoms with Gasteiger partial charge >= 0.3 is 0 Å². The predicted molar refractivity (Wildman–Crippen MR) is 135 cm³/mol. The summed E-state index contributed by atoms with van der Waals surface area (Å²) in [5.74, 6) is -0.104. The van der Waals surface area contributed by atoms with Crippen LogP contribution in [0.4, 0.5) is 5.69 Å². The van der Waals surface area contributed by atoms with Gasteiger partial charge in [0.1, 0.15) is 0 Å². The number of benzene rings is 1. The highest BCUT2D eigenvalue weighted by molar-refractivity contribution is 7.89. The van der Waals surface area contributed by atoms with Gasteiger partial charge in [0.05, 0.1) is 29.9 Å². The number of nitrogens with zero attached hydrogens (tertiary/aromatic N) is 3. The molecule has 1 amide bonds. The Balaban J connectivity index is 1.54. The molecule has 2 fully saturated rings. The maximum atomic E-state index is 13.4. The predicted octanol–water partition coefficient (Wildman–Crippen LogP) is 3.21. The van der Waals surface area contributed by atoms with Gasteiger partial charge in [0.15, 0.2) is 0 Å². The SMILES string of the molecule is CCN1C(=O)/C(=C\c2cc(C)n(C[C@H]3CCCO3)c2C)c2cc(S(=O)(=O)N3CCOCC3)ccc21. The fraction of sp³-hybridized carbons (Fsp3) is 0.500. The number of sulfonamides is 1. The van der Waals surface area contributed by atoms with Crippen LogP contribution in [0.5, 0.6) is 0 Å². The molecule has 4 heterocycles. The van der Waals surface area contributed by atoms with E-state index in [1.165, 1.54) is 4.31 Å². The van der Waals surface area contributed by atoms with Gasteiger partial charge in [-0.2, -0.15) is 4.31 Å². The Hall–Kier alpha value is -2.46. The minimum absolute atomic E-state index is 0.104. The van der Waals surface area contributed by atoms with Gasteiger partial charge < -0.3 is 18.9 Å². The summed E-state index contributed by atoms with van der Waals surface area (Å²) in [6.45, 7) is 9.62. The molecule has 0 spiro atoms. The number of ether oxygens (including phenoxy) is 2. The number of hydrogen-bond acceptors (Lipinski definition) is 5. The number of fused-ring (bicyclic) bond motifs is 1. The van der Waals surface area contributed by atoms with E-state index in [1.807, 2.05) is 13.0 Å². The number of aryl methyl sites for hydroxylation is 1. The summed E-state index contributed by atoms with van der Waals surface area (Å²) in [4.78, 5) is 15.3. The smallest absolute Gasteiger partial charge is 0.258 e. The lowest BCUT2D eigenvalue weighted by atomic mass is 10.0. The standard InChI is InChI=1S/C26H33N3O5S/c1-4-28-25-8-7-22(35(31,32)27-9-12-33-13-10-27)16-23(25)24(26(28)30)15-20-14-18(2)29(19(20)3)17-21-6-5-11-34-21/h7-8,14-16,21H,4-6,9-13,17H2,1-3H3/b24-15-/t21-/m1/s1. The van der Waals surface area contributed by atoms with Crippen LogP contribution >= 0.6 is 0 Å². The Morgan fingerprint density at radius 3 is 2.57 bits per heavy atom. The zero-order valence-corrected chi connectivity index (χ0v) is 21.4. The number of anilines is 1. The first kappa shape index (κ1) is 24.2. The van der Waals surface area contributed by atoms with E-state index in [4.69, 9.17) is 9.47 Å². The molecule has 5 rings (SSSR count). The minimum atomic E-state index is -3.67. The van der Waals surface area contributed by atoms with Crippen molar-refractivity contribution in [2.75, 3.05) is 44.4 Å². The summed E-state index contributed by atoms with van der Waals surface area (Å²) < 4.78 is 41.4. The van der Waals surface area contributed by atoms with Crippen molar-refractivity contribution in [2.45, 2.75) is 51.2 Å². The fourth-order valence-corrected chi connectivity index (χ4v) is 6.72. The molecule has 3 aliphatic rings. The van der Waals surface area contributed by atoms with Gasteiger partial charge in [0.25, 0.3) is 5.91 Å². The van der Waals surface area contributed by atoms with Gasteiger partial charge in [-0.1, -0.05) is 0 Å². The van der Waals surface area contributed by atoms with Crippen molar-refractivity contribution in [1.29, 1.82) is 0 Å². The Kier molecular flexibility index (Phi) is 6.61. The first-order valence-electron chi connectivity index (χ1n) is 12.4. The van der Waals surface area contributed by atoms with E-state index in [0.717, 1.165) is 48.6 Å². The molecule has 188 valence electrons. The normalized spacial score (nSPS) is 22.4. The molecule has 0 radical (unpaired) electrons. The average Bonchev–Trinajstić information content (AvgIpc) is 3.54. The quantitative estimate of drug-likeness (QED) is 0.570. The van der Waals surface area contributed by atoms with Crippen LogP contribution in [0, 0.1) is 13.8 Å². The number of likely N-dealkylation sites (N-methyl/N-ethyl adjacent to an activating group) is 1. The summed E-state index contributed by atoms with van der Waals surface area (Å²) in [5, 5.41) is 0. The summed E-state index contributed by atoms with van der Waals surface area (Å²) in [5.41, 5.74) is 5.10. The lowest BCUT2D eigenvalue weighted by Crippen LogP contribution is -2.40. The molecule has 2 aromatic rings. The van der Waals surface area contributed by atoms with Gasteiger partial charge in [0.2, 0.25) is 10.0 Å². The topological polar surface area (TPSA) is 81.1 Å². The molecule has 3 aliphatic heterocycles. The second-order valence-electron chi connectivity index (χ2n) is 9.37. The Bertz CT molecular complexity index is 1270. The van der Waals surface area contributed by atoms with Gasteiger partial charge in [-0.05, 0) is 69.5 Å². The molecule has 1 atom stereocenters. The third-order valence-corrected chi connectivity index (χ3v) is 9.17. The summed E-state index contributed by atoms with van der Waals surface area (Å²) >= 11 is 0. The van der Waals surface area contributed by atoms with Crippen molar-refractivity contribution in [3.63, 3.8) is 0 Å². The zero-order chi connectivity index (χ0) is 24.7. The highest BCUT2D eigenvalue weighted by Crippen LogP contribution is 2.40.